The highest BCUT2D eigenvalue weighted by Crippen LogP contribution is 2.44. The van der Waals surface area contributed by atoms with Crippen LogP contribution in [-0.2, 0) is 24.0 Å². The van der Waals surface area contributed by atoms with E-state index in [1.165, 1.54) is 23.5 Å². The predicted octanol–water partition coefficient (Wildman–Crippen LogP) is 4.26. The molecule has 0 aromatic carbocycles. The molecule has 1 aromatic rings. The number of nitrogens with one attached hydrogen (secondary N) is 1. The van der Waals surface area contributed by atoms with Crippen LogP contribution in [-0.4, -0.2) is 74.9 Å². The molecule has 12 heteroatoms. The third-order valence-corrected chi connectivity index (χ3v) is 9.86. The number of aromatic nitrogens is 2. The van der Waals surface area contributed by atoms with Crippen molar-refractivity contribution in [2.45, 2.75) is 104 Å². The zero-order valence-corrected chi connectivity index (χ0v) is 27.1. The Hall–Kier alpha value is -3.44. The number of hydrogen-bond donors (Lipinski definition) is 1. The first kappa shape index (κ1) is 35.4. The molecule has 2 aliphatic carbocycles. The Morgan fingerprint density at radius 1 is 0.957 bits per heavy atom. The molecule has 6 atom stereocenters. The van der Waals surface area contributed by atoms with Gasteiger partial charge in [0.15, 0.2) is 17.3 Å². The molecule has 1 N–H and O–H groups in total. The summed E-state index contributed by atoms with van der Waals surface area (Å²) in [6.07, 6.45) is 3.76. The molecule has 1 aliphatic heterocycles. The number of halogens is 2. The molecule has 2 heterocycles. The molecule has 1 saturated heterocycles. The average molecular weight is 645 g/mol. The van der Waals surface area contributed by atoms with Crippen LogP contribution in [0.25, 0.3) is 0 Å². The first-order valence-corrected chi connectivity index (χ1v) is 16.6. The quantitative estimate of drug-likeness (QED) is 0.196. The number of rotatable bonds is 17. The number of alkyl halides is 2. The lowest BCUT2D eigenvalue weighted by Gasteiger charge is -2.33. The fourth-order valence-corrected chi connectivity index (χ4v) is 7.05. The van der Waals surface area contributed by atoms with Gasteiger partial charge in [-0.3, -0.25) is 33.8 Å². The highest BCUT2D eigenvalue weighted by atomic mass is 19.3. The number of hydrogen-bond acceptors (Lipinski definition) is 8. The second-order valence-electron chi connectivity index (χ2n) is 14.0. The monoisotopic (exact) mass is 644 g/mol. The van der Waals surface area contributed by atoms with Gasteiger partial charge in [-0.1, -0.05) is 34.1 Å². The Morgan fingerprint density at radius 2 is 1.67 bits per heavy atom. The van der Waals surface area contributed by atoms with Crippen molar-refractivity contribution in [3.05, 3.63) is 24.3 Å². The van der Waals surface area contributed by atoms with E-state index in [9.17, 15) is 37.5 Å². The first-order chi connectivity index (χ1) is 21.8. The van der Waals surface area contributed by atoms with E-state index >= 15 is 0 Å². The number of fused-ring (bicyclic) bond motifs is 1. The van der Waals surface area contributed by atoms with Crippen LogP contribution < -0.4 is 5.32 Å². The van der Waals surface area contributed by atoms with Crippen LogP contribution >= 0.6 is 0 Å². The molecule has 1 aromatic heterocycles. The molecule has 0 spiro atoms. The summed E-state index contributed by atoms with van der Waals surface area (Å²) in [6.45, 7) is 7.45. The minimum absolute atomic E-state index is 0.0169. The van der Waals surface area contributed by atoms with Crippen LogP contribution in [0.15, 0.2) is 18.6 Å². The minimum atomic E-state index is -2.87. The van der Waals surface area contributed by atoms with Crippen molar-refractivity contribution in [3.8, 4) is 0 Å². The number of amides is 2. The average Bonchev–Trinajstić information content (AvgIpc) is 3.57. The Labute approximate surface area is 268 Å². The van der Waals surface area contributed by atoms with Gasteiger partial charge in [-0.15, -0.1) is 0 Å². The van der Waals surface area contributed by atoms with E-state index in [0.717, 1.165) is 25.7 Å². The maximum absolute atomic E-state index is 14.2. The van der Waals surface area contributed by atoms with Crippen molar-refractivity contribution in [3.63, 3.8) is 0 Å². The maximum atomic E-state index is 14.2. The van der Waals surface area contributed by atoms with Crippen molar-refractivity contribution in [1.29, 1.82) is 0 Å². The Morgan fingerprint density at radius 3 is 2.26 bits per heavy atom. The molecule has 2 saturated carbocycles. The van der Waals surface area contributed by atoms with E-state index in [2.05, 4.69) is 15.3 Å². The zero-order chi connectivity index (χ0) is 33.7. The molecule has 2 unspecified atom stereocenters. The summed E-state index contributed by atoms with van der Waals surface area (Å²) in [5.74, 6) is -6.26. The molecule has 4 rings (SSSR count). The third kappa shape index (κ3) is 8.67. The number of nitrogens with zero attached hydrogens (tertiary/aromatic N) is 3. The highest BCUT2D eigenvalue weighted by Gasteiger charge is 2.51. The summed E-state index contributed by atoms with van der Waals surface area (Å²) < 4.78 is 27.1. The smallest absolute Gasteiger partial charge is 0.246 e. The van der Waals surface area contributed by atoms with Crippen molar-refractivity contribution in [2.24, 2.45) is 41.4 Å². The van der Waals surface area contributed by atoms with E-state index in [1.54, 1.807) is 13.8 Å². The van der Waals surface area contributed by atoms with Gasteiger partial charge in [0.25, 0.3) is 0 Å². The fraction of sp³-hybridized carbons (Fsp3) is 0.706. The standard InChI is InChI=1S/C34H46F2N4O6/c1-18(2)24(15-26(41)25-16-37-10-11-38-25)33(45)39-30(19(3)4)34(46)40-17-21-6-5-7-23(21)31(40)27(42)13-22(14-29(35)36)32(44)28(43)12-20-8-9-20/h10-11,16,18-24,29-31H,5-9,12-15,17H2,1-4H3,(H,39,45)/t21-,22?,23-,24+,30-,31?/m0/s1. The lowest BCUT2D eigenvalue weighted by Crippen LogP contribution is -2.56. The summed E-state index contributed by atoms with van der Waals surface area (Å²) in [5.41, 5.74) is 0.139. The second kappa shape index (κ2) is 15.4. The van der Waals surface area contributed by atoms with E-state index in [1.807, 2.05) is 13.8 Å². The molecule has 3 fully saturated rings. The SMILES string of the molecule is CC(C)[C@H](NC(=O)[C@H](CC(=O)c1cnccn1)C(C)C)C(=O)N1C[C@@H]2CCC[C@@H]2C1C(=O)CC(CC(F)F)C(=O)C(=O)CC1CC1. The molecular formula is C34H46F2N4O6. The lowest BCUT2D eigenvalue weighted by molar-refractivity contribution is -0.145. The van der Waals surface area contributed by atoms with Gasteiger partial charge in [0.05, 0.1) is 12.2 Å². The Kier molecular flexibility index (Phi) is 11.9. The number of ketones is 4. The molecular weight excluding hydrogens is 598 g/mol. The number of likely N-dealkylation sites (tertiary alicyclic amines) is 1. The van der Waals surface area contributed by atoms with E-state index in [-0.39, 0.29) is 60.5 Å². The molecule has 46 heavy (non-hydrogen) atoms. The lowest BCUT2D eigenvalue weighted by atomic mass is 9.84. The van der Waals surface area contributed by atoms with Gasteiger partial charge < -0.3 is 10.2 Å². The van der Waals surface area contributed by atoms with Crippen molar-refractivity contribution >= 4 is 34.9 Å². The molecule has 0 bridgehead atoms. The zero-order valence-electron chi connectivity index (χ0n) is 27.1. The van der Waals surface area contributed by atoms with Gasteiger partial charge in [-0.2, -0.15) is 0 Å². The Balaban J connectivity index is 1.51. The topological polar surface area (TPSA) is 143 Å². The number of Topliss-reactive ketones (excluding diaryl/α,β-unsaturated/α-hetero) is 4. The number of carbonyl (C=O) groups is 6. The van der Waals surface area contributed by atoms with Crippen LogP contribution in [0.1, 0.15) is 96.0 Å². The normalized spacial score (nSPS) is 22.9. The van der Waals surface area contributed by atoms with Gasteiger partial charge >= 0.3 is 0 Å². The Bertz CT molecular complexity index is 1300. The first-order valence-electron chi connectivity index (χ1n) is 16.6. The van der Waals surface area contributed by atoms with Gasteiger partial charge in [-0.05, 0) is 55.3 Å². The predicted molar refractivity (Wildman–Crippen MR) is 163 cm³/mol. The van der Waals surface area contributed by atoms with E-state index < -0.39 is 72.4 Å². The summed E-state index contributed by atoms with van der Waals surface area (Å²) >= 11 is 0. The van der Waals surface area contributed by atoms with Crippen LogP contribution in [0.3, 0.4) is 0 Å². The molecule has 0 radical (unpaired) electrons. The van der Waals surface area contributed by atoms with Crippen LogP contribution in [0.4, 0.5) is 8.78 Å². The fourth-order valence-electron chi connectivity index (χ4n) is 7.05. The van der Waals surface area contributed by atoms with Crippen molar-refractivity contribution in [1.82, 2.24) is 20.2 Å². The summed E-state index contributed by atoms with van der Waals surface area (Å²) in [4.78, 5) is 89.4. The summed E-state index contributed by atoms with van der Waals surface area (Å²) in [5, 5.41) is 2.85. The van der Waals surface area contributed by atoms with Gasteiger partial charge in [0, 0.05) is 56.5 Å². The van der Waals surface area contributed by atoms with Gasteiger partial charge in [0.1, 0.15) is 11.7 Å². The highest BCUT2D eigenvalue weighted by molar-refractivity contribution is 6.38. The van der Waals surface area contributed by atoms with Gasteiger partial charge in [-0.25, -0.2) is 13.8 Å². The van der Waals surface area contributed by atoms with E-state index in [4.69, 9.17) is 0 Å². The molecule has 2 amide bonds. The van der Waals surface area contributed by atoms with E-state index in [0.29, 0.717) is 6.42 Å². The summed E-state index contributed by atoms with van der Waals surface area (Å²) in [6, 6.07) is -1.93. The largest absolute Gasteiger partial charge is 0.344 e. The second-order valence-corrected chi connectivity index (χ2v) is 14.0. The van der Waals surface area contributed by atoms with Crippen LogP contribution in [0.5, 0.6) is 0 Å². The summed E-state index contributed by atoms with van der Waals surface area (Å²) in [7, 11) is 0. The molecule has 252 valence electrons. The maximum Gasteiger partial charge on any atom is 0.246 e. The third-order valence-electron chi connectivity index (χ3n) is 9.86. The van der Waals surface area contributed by atoms with Gasteiger partial charge in [0.2, 0.25) is 24.0 Å². The minimum Gasteiger partial charge on any atom is -0.344 e. The van der Waals surface area contributed by atoms with Crippen LogP contribution in [0.2, 0.25) is 0 Å². The number of carbonyl (C=O) groups excluding carboxylic acids is 6. The van der Waals surface area contributed by atoms with Crippen LogP contribution in [0, 0.1) is 41.4 Å². The molecule has 3 aliphatic rings. The molecule has 10 nitrogen and oxygen atoms in total. The van der Waals surface area contributed by atoms with Crippen molar-refractivity contribution < 1.29 is 37.5 Å². The van der Waals surface area contributed by atoms with Crippen molar-refractivity contribution in [2.75, 3.05) is 6.54 Å².